The van der Waals surface area contributed by atoms with Crippen LogP contribution in [-0.2, 0) is 0 Å². The summed E-state index contributed by atoms with van der Waals surface area (Å²) in [5.74, 6) is 0. The van der Waals surface area contributed by atoms with Gasteiger partial charge in [0.25, 0.3) is 0 Å². The molecule has 1 saturated heterocycles. The van der Waals surface area contributed by atoms with Crippen LogP contribution in [0.2, 0.25) is 5.02 Å². The van der Waals surface area contributed by atoms with E-state index in [0.29, 0.717) is 10.7 Å². The fourth-order valence-corrected chi connectivity index (χ4v) is 2.36. The number of hydrogen-bond donors (Lipinski definition) is 2. The van der Waals surface area contributed by atoms with Crippen molar-refractivity contribution in [1.82, 2.24) is 4.90 Å². The maximum Gasteiger partial charge on any atom is 0.0803 e. The number of anilines is 1. The molecular weight excluding hydrogens is 236 g/mol. The fraction of sp³-hybridized carbons (Fsp3) is 0.538. The molecule has 0 saturated carbocycles. The van der Waals surface area contributed by atoms with E-state index >= 15 is 0 Å². The summed E-state index contributed by atoms with van der Waals surface area (Å²) < 4.78 is 0. The Balaban J connectivity index is 1.89. The monoisotopic (exact) mass is 254 g/mol. The minimum absolute atomic E-state index is 0.449. The third-order valence-electron chi connectivity index (χ3n) is 3.32. The molecule has 0 aromatic heterocycles. The number of nitrogens with two attached hydrogens (primary N) is 1. The molecule has 1 unspecified atom stereocenters. The number of likely N-dealkylation sites (tertiary alicyclic amines) is 1. The van der Waals surface area contributed by atoms with Gasteiger partial charge in [0.1, 0.15) is 0 Å². The summed E-state index contributed by atoms with van der Waals surface area (Å²) in [6, 6.07) is 5.34. The second kappa shape index (κ2) is 5.71. The van der Waals surface area contributed by atoms with Gasteiger partial charge in [-0.2, -0.15) is 0 Å². The van der Waals surface area contributed by atoms with Crippen LogP contribution in [0.4, 0.5) is 5.69 Å². The average molecular weight is 255 g/mol. The summed E-state index contributed by atoms with van der Waals surface area (Å²) >= 11 is 5.85. The van der Waals surface area contributed by atoms with Crippen molar-refractivity contribution in [2.24, 2.45) is 0 Å². The lowest BCUT2D eigenvalue weighted by molar-refractivity contribution is 0.149. The Bertz CT molecular complexity index is 378. The quantitative estimate of drug-likeness (QED) is 0.812. The molecule has 2 rings (SSSR count). The van der Waals surface area contributed by atoms with E-state index in [0.717, 1.165) is 31.6 Å². The van der Waals surface area contributed by atoms with E-state index in [4.69, 9.17) is 17.3 Å². The van der Waals surface area contributed by atoms with E-state index in [1.54, 1.807) is 12.1 Å². The molecule has 0 amide bonds. The third kappa shape index (κ3) is 3.35. The van der Waals surface area contributed by atoms with Gasteiger partial charge in [-0.15, -0.1) is 0 Å². The number of benzene rings is 1. The lowest BCUT2D eigenvalue weighted by Crippen LogP contribution is -2.22. The number of nitrogen functional groups attached to an aromatic ring is 1. The predicted molar refractivity (Wildman–Crippen MR) is 71.1 cm³/mol. The first-order valence-corrected chi connectivity index (χ1v) is 6.50. The molecule has 17 heavy (non-hydrogen) atoms. The topological polar surface area (TPSA) is 49.5 Å². The smallest absolute Gasteiger partial charge is 0.0803 e. The van der Waals surface area contributed by atoms with Gasteiger partial charge >= 0.3 is 0 Å². The van der Waals surface area contributed by atoms with Crippen molar-refractivity contribution in [3.05, 3.63) is 28.8 Å². The minimum atomic E-state index is -0.449. The van der Waals surface area contributed by atoms with Crippen LogP contribution in [0.5, 0.6) is 0 Å². The van der Waals surface area contributed by atoms with Gasteiger partial charge in [0, 0.05) is 6.54 Å². The standard InChI is InChI=1S/C13H19ClN2O/c14-11-4-3-10(9-12(11)15)13(17)5-8-16-6-1-2-7-16/h3-4,9,13,17H,1-2,5-8,15H2. The molecule has 1 aliphatic rings. The summed E-state index contributed by atoms with van der Waals surface area (Å²) in [6.45, 7) is 3.27. The molecule has 4 heteroatoms. The van der Waals surface area contributed by atoms with Crippen LogP contribution in [0.15, 0.2) is 18.2 Å². The molecule has 1 aromatic carbocycles. The molecule has 3 N–H and O–H groups in total. The molecule has 94 valence electrons. The largest absolute Gasteiger partial charge is 0.398 e. The number of aliphatic hydroxyl groups excluding tert-OH is 1. The number of nitrogens with zero attached hydrogens (tertiary/aromatic N) is 1. The zero-order valence-electron chi connectivity index (χ0n) is 9.90. The molecular formula is C13H19ClN2O. The molecule has 1 aliphatic heterocycles. The Morgan fingerprint density at radius 2 is 2.06 bits per heavy atom. The lowest BCUT2D eigenvalue weighted by Gasteiger charge is -2.18. The Morgan fingerprint density at radius 1 is 1.35 bits per heavy atom. The van der Waals surface area contributed by atoms with Crippen molar-refractivity contribution in [2.75, 3.05) is 25.4 Å². The van der Waals surface area contributed by atoms with E-state index in [1.807, 2.05) is 6.07 Å². The van der Waals surface area contributed by atoms with Crippen LogP contribution in [0.25, 0.3) is 0 Å². The van der Waals surface area contributed by atoms with Crippen molar-refractivity contribution in [3.8, 4) is 0 Å². The summed E-state index contributed by atoms with van der Waals surface area (Å²) in [7, 11) is 0. The second-order valence-electron chi connectivity index (χ2n) is 4.63. The van der Waals surface area contributed by atoms with E-state index in [2.05, 4.69) is 4.90 Å². The van der Waals surface area contributed by atoms with Gasteiger partial charge in [0.2, 0.25) is 0 Å². The predicted octanol–water partition coefficient (Wildman–Crippen LogP) is 2.44. The highest BCUT2D eigenvalue weighted by Gasteiger charge is 2.14. The second-order valence-corrected chi connectivity index (χ2v) is 5.04. The van der Waals surface area contributed by atoms with E-state index in [-0.39, 0.29) is 0 Å². The highest BCUT2D eigenvalue weighted by Crippen LogP contribution is 2.25. The zero-order valence-corrected chi connectivity index (χ0v) is 10.7. The molecule has 0 spiro atoms. The van der Waals surface area contributed by atoms with Crippen LogP contribution < -0.4 is 5.73 Å². The Labute approximate surface area is 107 Å². The van der Waals surface area contributed by atoms with Gasteiger partial charge in [-0.05, 0) is 50.0 Å². The normalized spacial score (nSPS) is 18.5. The summed E-state index contributed by atoms with van der Waals surface area (Å²) in [4.78, 5) is 2.39. The fourth-order valence-electron chi connectivity index (χ4n) is 2.25. The lowest BCUT2D eigenvalue weighted by atomic mass is 10.1. The van der Waals surface area contributed by atoms with Gasteiger partial charge in [-0.3, -0.25) is 0 Å². The summed E-state index contributed by atoms with van der Waals surface area (Å²) in [5, 5.41) is 10.6. The van der Waals surface area contributed by atoms with Gasteiger partial charge in [0.15, 0.2) is 0 Å². The molecule has 0 bridgehead atoms. The van der Waals surface area contributed by atoms with Crippen LogP contribution in [0, 0.1) is 0 Å². The zero-order chi connectivity index (χ0) is 12.3. The summed E-state index contributed by atoms with van der Waals surface area (Å²) in [5.41, 5.74) is 7.11. The van der Waals surface area contributed by atoms with E-state index < -0.39 is 6.10 Å². The first kappa shape index (κ1) is 12.7. The van der Waals surface area contributed by atoms with Gasteiger partial charge in [0.05, 0.1) is 16.8 Å². The number of hydrogen-bond acceptors (Lipinski definition) is 3. The van der Waals surface area contributed by atoms with Crippen molar-refractivity contribution in [1.29, 1.82) is 0 Å². The van der Waals surface area contributed by atoms with E-state index in [9.17, 15) is 5.11 Å². The Morgan fingerprint density at radius 3 is 2.71 bits per heavy atom. The molecule has 3 nitrogen and oxygen atoms in total. The number of halogens is 1. The minimum Gasteiger partial charge on any atom is -0.398 e. The van der Waals surface area contributed by atoms with Crippen molar-refractivity contribution in [3.63, 3.8) is 0 Å². The third-order valence-corrected chi connectivity index (χ3v) is 3.67. The molecule has 0 aliphatic carbocycles. The van der Waals surface area contributed by atoms with E-state index in [1.165, 1.54) is 12.8 Å². The van der Waals surface area contributed by atoms with Crippen LogP contribution in [0.3, 0.4) is 0 Å². The number of aliphatic hydroxyl groups is 1. The van der Waals surface area contributed by atoms with Gasteiger partial charge < -0.3 is 15.7 Å². The maximum absolute atomic E-state index is 10.1. The molecule has 1 atom stereocenters. The van der Waals surface area contributed by atoms with Crippen molar-refractivity contribution < 1.29 is 5.11 Å². The maximum atomic E-state index is 10.1. The van der Waals surface area contributed by atoms with Crippen LogP contribution >= 0.6 is 11.6 Å². The molecule has 1 fully saturated rings. The highest BCUT2D eigenvalue weighted by atomic mass is 35.5. The van der Waals surface area contributed by atoms with Crippen LogP contribution in [0.1, 0.15) is 30.9 Å². The Hall–Kier alpha value is -0.770. The van der Waals surface area contributed by atoms with Gasteiger partial charge in [-0.1, -0.05) is 17.7 Å². The first-order chi connectivity index (χ1) is 8.16. The first-order valence-electron chi connectivity index (χ1n) is 6.12. The van der Waals surface area contributed by atoms with Gasteiger partial charge in [-0.25, -0.2) is 0 Å². The average Bonchev–Trinajstić information content (AvgIpc) is 2.82. The Kier molecular flexibility index (Phi) is 4.26. The molecule has 1 aromatic rings. The SMILES string of the molecule is Nc1cc(C(O)CCN2CCCC2)ccc1Cl. The molecule has 0 radical (unpaired) electrons. The van der Waals surface area contributed by atoms with Crippen molar-refractivity contribution >= 4 is 17.3 Å². The molecule has 1 heterocycles. The number of rotatable bonds is 4. The highest BCUT2D eigenvalue weighted by molar-refractivity contribution is 6.33. The van der Waals surface area contributed by atoms with Crippen molar-refractivity contribution in [2.45, 2.75) is 25.4 Å². The van der Waals surface area contributed by atoms with Crippen LogP contribution in [-0.4, -0.2) is 29.6 Å². The summed E-state index contributed by atoms with van der Waals surface area (Å²) in [6.07, 6.45) is 2.87.